The number of ether oxygens (including phenoxy) is 2. The summed E-state index contributed by atoms with van der Waals surface area (Å²) in [5.41, 5.74) is 0. The molecular formula is C15H10ClN3O4S. The van der Waals surface area contributed by atoms with Gasteiger partial charge in [-0.3, -0.25) is 10.1 Å². The Morgan fingerprint density at radius 3 is 2.83 bits per heavy atom. The first-order valence-electron chi connectivity index (χ1n) is 6.97. The predicted molar refractivity (Wildman–Crippen MR) is 87.6 cm³/mol. The summed E-state index contributed by atoms with van der Waals surface area (Å²) in [5.74, 6) is 0.983. The Balaban J connectivity index is 1.44. The molecule has 0 bridgehead atoms. The number of carbonyl (C=O) groups is 1. The Hall–Kier alpha value is -2.58. The van der Waals surface area contributed by atoms with Crippen LogP contribution in [-0.4, -0.2) is 28.8 Å². The van der Waals surface area contributed by atoms with E-state index < -0.39 is 12.0 Å². The van der Waals surface area contributed by atoms with Gasteiger partial charge in [0, 0.05) is 0 Å². The molecule has 2 aromatic heterocycles. The van der Waals surface area contributed by atoms with Gasteiger partial charge in [-0.15, -0.1) is 16.4 Å². The maximum atomic E-state index is 12.3. The van der Waals surface area contributed by atoms with Gasteiger partial charge in [-0.1, -0.05) is 28.8 Å². The second kappa shape index (κ2) is 6.14. The number of nitrogens with zero attached hydrogens (tertiary/aromatic N) is 2. The van der Waals surface area contributed by atoms with Crippen molar-refractivity contribution in [3.8, 4) is 22.3 Å². The van der Waals surface area contributed by atoms with Crippen molar-refractivity contribution in [2.75, 3.05) is 11.9 Å². The quantitative estimate of drug-likeness (QED) is 0.768. The number of fused-ring (bicyclic) bond motifs is 1. The minimum atomic E-state index is -0.800. The van der Waals surface area contributed by atoms with Gasteiger partial charge in [-0.05, 0) is 24.3 Å². The first-order chi connectivity index (χ1) is 11.7. The average molecular weight is 364 g/mol. The van der Waals surface area contributed by atoms with Gasteiger partial charge in [-0.2, -0.15) is 0 Å². The summed E-state index contributed by atoms with van der Waals surface area (Å²) in [5, 5.41) is 10.2. The molecule has 9 heteroatoms. The number of para-hydroxylation sites is 2. The molecule has 1 aromatic carbocycles. The summed E-state index contributed by atoms with van der Waals surface area (Å²) in [7, 11) is 0. The van der Waals surface area contributed by atoms with Crippen molar-refractivity contribution in [2.45, 2.75) is 6.10 Å². The summed E-state index contributed by atoms with van der Waals surface area (Å²) >= 11 is 7.18. The molecule has 0 aliphatic carbocycles. The maximum absolute atomic E-state index is 12.3. The molecule has 122 valence electrons. The fraction of sp³-hybridized carbons (Fsp3) is 0.133. The average Bonchev–Trinajstić information content (AvgIpc) is 3.23. The lowest BCUT2D eigenvalue weighted by molar-refractivity contribution is -0.125. The highest BCUT2D eigenvalue weighted by Gasteiger charge is 2.28. The fourth-order valence-corrected chi connectivity index (χ4v) is 3.10. The molecule has 24 heavy (non-hydrogen) atoms. The molecule has 0 saturated carbocycles. The molecule has 3 heterocycles. The van der Waals surface area contributed by atoms with Gasteiger partial charge in [0.2, 0.25) is 6.10 Å². The van der Waals surface area contributed by atoms with Crippen molar-refractivity contribution in [3.05, 3.63) is 40.7 Å². The molecule has 1 N–H and O–H groups in total. The Morgan fingerprint density at radius 2 is 2.04 bits per heavy atom. The minimum absolute atomic E-state index is 0.0121. The third kappa shape index (κ3) is 2.93. The zero-order valence-electron chi connectivity index (χ0n) is 12.1. The second-order valence-corrected chi connectivity index (χ2v) is 6.58. The minimum Gasteiger partial charge on any atom is -0.485 e. The molecule has 1 unspecified atom stereocenters. The highest BCUT2D eigenvalue weighted by molar-refractivity contribution is 7.19. The highest BCUT2D eigenvalue weighted by Crippen LogP contribution is 2.32. The van der Waals surface area contributed by atoms with Crippen molar-refractivity contribution in [1.29, 1.82) is 0 Å². The number of carbonyl (C=O) groups excluding carboxylic acids is 1. The van der Waals surface area contributed by atoms with Gasteiger partial charge in [0.25, 0.3) is 11.8 Å². The number of halogens is 1. The number of hydrogen-bond acceptors (Lipinski definition) is 7. The van der Waals surface area contributed by atoms with Crippen LogP contribution in [0.4, 0.5) is 6.01 Å². The lowest BCUT2D eigenvalue weighted by Gasteiger charge is -2.24. The topological polar surface area (TPSA) is 86.5 Å². The van der Waals surface area contributed by atoms with Gasteiger partial charge in [0.05, 0.1) is 9.21 Å². The van der Waals surface area contributed by atoms with Crippen LogP contribution in [0.2, 0.25) is 4.34 Å². The van der Waals surface area contributed by atoms with Gasteiger partial charge < -0.3 is 13.9 Å². The molecule has 3 aromatic rings. The summed E-state index contributed by atoms with van der Waals surface area (Å²) in [4.78, 5) is 13.0. The van der Waals surface area contributed by atoms with Crippen LogP contribution in [0.25, 0.3) is 10.8 Å². The van der Waals surface area contributed by atoms with E-state index in [1.165, 1.54) is 11.3 Å². The van der Waals surface area contributed by atoms with E-state index >= 15 is 0 Å². The van der Waals surface area contributed by atoms with E-state index in [0.29, 0.717) is 15.8 Å². The molecule has 1 aliphatic rings. The smallest absolute Gasteiger partial charge is 0.322 e. The molecule has 7 nitrogen and oxygen atoms in total. The second-order valence-electron chi connectivity index (χ2n) is 4.87. The van der Waals surface area contributed by atoms with Gasteiger partial charge in [0.15, 0.2) is 11.5 Å². The van der Waals surface area contributed by atoms with Crippen LogP contribution in [-0.2, 0) is 4.79 Å². The van der Waals surface area contributed by atoms with Gasteiger partial charge in [0.1, 0.15) is 6.61 Å². The molecule has 1 amide bonds. The van der Waals surface area contributed by atoms with Crippen LogP contribution >= 0.6 is 22.9 Å². The summed E-state index contributed by atoms with van der Waals surface area (Å²) in [6.45, 7) is 0.102. The number of thiophene rings is 1. The lowest BCUT2D eigenvalue weighted by atomic mass is 10.2. The van der Waals surface area contributed by atoms with E-state index in [0.717, 1.165) is 4.88 Å². The van der Waals surface area contributed by atoms with Crippen molar-refractivity contribution in [1.82, 2.24) is 10.2 Å². The van der Waals surface area contributed by atoms with Crippen molar-refractivity contribution in [3.63, 3.8) is 0 Å². The van der Waals surface area contributed by atoms with Crippen LogP contribution in [0, 0.1) is 0 Å². The molecule has 0 fully saturated rings. The fourth-order valence-electron chi connectivity index (χ4n) is 2.14. The normalized spacial score (nSPS) is 16.0. The first-order valence-corrected chi connectivity index (χ1v) is 8.17. The number of anilines is 1. The number of amides is 1. The lowest BCUT2D eigenvalue weighted by Crippen LogP contribution is -2.40. The number of benzene rings is 1. The van der Waals surface area contributed by atoms with Crippen molar-refractivity contribution in [2.24, 2.45) is 0 Å². The number of rotatable bonds is 3. The first kappa shape index (κ1) is 15.0. The van der Waals surface area contributed by atoms with Gasteiger partial charge in [-0.25, -0.2) is 0 Å². The number of nitrogens with one attached hydrogen (secondary N) is 1. The summed E-state index contributed by atoms with van der Waals surface area (Å²) < 4.78 is 17.2. The molecular weight excluding hydrogens is 354 g/mol. The third-order valence-electron chi connectivity index (χ3n) is 3.24. The van der Waals surface area contributed by atoms with Crippen molar-refractivity contribution < 1.29 is 18.7 Å². The largest absolute Gasteiger partial charge is 0.485 e. The molecule has 0 spiro atoms. The molecule has 4 rings (SSSR count). The van der Waals surface area contributed by atoms with E-state index in [1.807, 2.05) is 6.07 Å². The van der Waals surface area contributed by atoms with Crippen LogP contribution in [0.1, 0.15) is 0 Å². The van der Waals surface area contributed by atoms with E-state index in [4.69, 9.17) is 25.5 Å². The monoisotopic (exact) mass is 363 g/mol. The zero-order valence-corrected chi connectivity index (χ0v) is 13.6. The van der Waals surface area contributed by atoms with E-state index in [-0.39, 0.29) is 18.5 Å². The van der Waals surface area contributed by atoms with E-state index in [1.54, 1.807) is 30.3 Å². The van der Waals surface area contributed by atoms with Crippen LogP contribution < -0.4 is 14.8 Å². The van der Waals surface area contributed by atoms with Crippen molar-refractivity contribution >= 4 is 34.9 Å². The van der Waals surface area contributed by atoms with Crippen LogP contribution in [0.5, 0.6) is 11.5 Å². The predicted octanol–water partition coefficient (Wildman–Crippen LogP) is 3.23. The molecule has 0 radical (unpaired) electrons. The SMILES string of the molecule is O=C(Nc1nnc(-c2ccc(Cl)s2)o1)C1COc2ccccc2O1. The maximum Gasteiger partial charge on any atom is 0.322 e. The molecule has 1 atom stereocenters. The Kier molecular flexibility index (Phi) is 3.83. The Bertz CT molecular complexity index is 894. The van der Waals surface area contributed by atoms with E-state index in [9.17, 15) is 4.79 Å². The van der Waals surface area contributed by atoms with Gasteiger partial charge >= 0.3 is 6.01 Å². The highest BCUT2D eigenvalue weighted by atomic mass is 35.5. The number of aromatic nitrogens is 2. The van der Waals surface area contributed by atoms with E-state index in [2.05, 4.69) is 15.5 Å². The molecule has 1 aliphatic heterocycles. The summed E-state index contributed by atoms with van der Waals surface area (Å²) in [6.07, 6.45) is -0.800. The summed E-state index contributed by atoms with van der Waals surface area (Å²) in [6, 6.07) is 10.6. The third-order valence-corrected chi connectivity index (χ3v) is 4.46. The molecule has 0 saturated heterocycles. The van der Waals surface area contributed by atoms with Crippen LogP contribution in [0.3, 0.4) is 0 Å². The van der Waals surface area contributed by atoms with Crippen LogP contribution in [0.15, 0.2) is 40.8 Å². The Labute approximate surface area is 145 Å². The number of hydrogen-bond donors (Lipinski definition) is 1. The zero-order chi connectivity index (χ0) is 16.5. The Morgan fingerprint density at radius 1 is 1.21 bits per heavy atom. The standard InChI is InChI=1S/C15H10ClN3O4S/c16-12-6-5-11(24-12)14-18-19-15(23-14)17-13(20)10-7-21-8-3-1-2-4-9(8)22-10/h1-6,10H,7H2,(H,17,19,20).